The molecule has 0 radical (unpaired) electrons. The van der Waals surface area contributed by atoms with Crippen LogP contribution >= 0.6 is 0 Å². The van der Waals surface area contributed by atoms with Gasteiger partial charge in [-0.3, -0.25) is 0 Å². The van der Waals surface area contributed by atoms with Gasteiger partial charge >= 0.3 is 0 Å². The van der Waals surface area contributed by atoms with E-state index in [2.05, 4.69) is 26.1 Å². The fourth-order valence-electron chi connectivity index (χ4n) is 1.69. The van der Waals surface area contributed by atoms with Gasteiger partial charge < -0.3 is 10.1 Å². The largest absolute Gasteiger partial charge is 0.381 e. The zero-order valence-corrected chi connectivity index (χ0v) is 10.6. The second-order valence-electron chi connectivity index (χ2n) is 5.40. The van der Waals surface area contributed by atoms with Crippen LogP contribution in [-0.4, -0.2) is 25.8 Å². The minimum atomic E-state index is 0.661. The lowest BCUT2D eigenvalue weighted by Crippen LogP contribution is -2.37. The van der Waals surface area contributed by atoms with E-state index >= 15 is 0 Å². The Bertz CT molecular complexity index is 155. The highest BCUT2D eigenvalue weighted by molar-refractivity contribution is 4.76. The molecule has 0 aromatic heterocycles. The monoisotopic (exact) mass is 213 g/mol. The molecule has 1 rings (SSSR count). The summed E-state index contributed by atoms with van der Waals surface area (Å²) >= 11 is 0. The van der Waals surface area contributed by atoms with Crippen LogP contribution in [0.2, 0.25) is 0 Å². The van der Waals surface area contributed by atoms with Crippen molar-refractivity contribution in [2.75, 3.05) is 19.8 Å². The van der Waals surface area contributed by atoms with Crippen LogP contribution in [0.5, 0.6) is 0 Å². The average Bonchev–Trinajstić information content (AvgIpc) is 2.09. The second kappa shape index (κ2) is 7.24. The van der Waals surface area contributed by atoms with Crippen LogP contribution in [0.4, 0.5) is 0 Å². The molecule has 1 N–H and O–H groups in total. The molecule has 0 saturated heterocycles. The Morgan fingerprint density at radius 2 is 2.00 bits per heavy atom. The van der Waals surface area contributed by atoms with E-state index in [-0.39, 0.29) is 0 Å². The summed E-state index contributed by atoms with van der Waals surface area (Å²) in [5, 5.41) is 3.61. The Morgan fingerprint density at radius 1 is 1.27 bits per heavy atom. The number of nitrogens with one attached hydrogen (secondary N) is 1. The van der Waals surface area contributed by atoms with Crippen LogP contribution in [0.15, 0.2) is 0 Å². The van der Waals surface area contributed by atoms with Crippen LogP contribution in [0.3, 0.4) is 0 Å². The summed E-state index contributed by atoms with van der Waals surface area (Å²) in [7, 11) is 0. The number of ether oxygens (including phenoxy) is 1. The zero-order valence-electron chi connectivity index (χ0n) is 10.6. The van der Waals surface area contributed by atoms with Gasteiger partial charge in [-0.15, -0.1) is 0 Å². The Kier molecular flexibility index (Phi) is 6.26. The van der Waals surface area contributed by atoms with Crippen LogP contribution < -0.4 is 5.32 Å². The van der Waals surface area contributed by atoms with Gasteiger partial charge in [-0.25, -0.2) is 0 Å². The van der Waals surface area contributed by atoms with E-state index in [1.54, 1.807) is 0 Å². The van der Waals surface area contributed by atoms with Crippen molar-refractivity contribution >= 4 is 0 Å². The van der Waals surface area contributed by atoms with Gasteiger partial charge in [0.1, 0.15) is 0 Å². The summed E-state index contributed by atoms with van der Waals surface area (Å²) in [5.41, 5.74) is 0. The third kappa shape index (κ3) is 6.16. The van der Waals surface area contributed by atoms with Crippen molar-refractivity contribution in [1.29, 1.82) is 0 Å². The first-order valence-corrected chi connectivity index (χ1v) is 6.49. The molecular weight excluding hydrogens is 186 g/mol. The Morgan fingerprint density at radius 3 is 2.53 bits per heavy atom. The molecule has 1 atom stereocenters. The molecule has 1 fully saturated rings. The van der Waals surface area contributed by atoms with E-state index in [0.29, 0.717) is 5.92 Å². The topological polar surface area (TPSA) is 21.3 Å². The molecule has 1 saturated carbocycles. The van der Waals surface area contributed by atoms with Crippen molar-refractivity contribution in [3.63, 3.8) is 0 Å². The average molecular weight is 213 g/mol. The molecule has 1 aliphatic carbocycles. The predicted octanol–water partition coefficient (Wildman–Crippen LogP) is 2.83. The van der Waals surface area contributed by atoms with Crippen LogP contribution in [-0.2, 0) is 4.74 Å². The first kappa shape index (κ1) is 13.0. The summed E-state index contributed by atoms with van der Waals surface area (Å²) in [6, 6.07) is 0.823. The number of hydrogen-bond donors (Lipinski definition) is 1. The van der Waals surface area contributed by atoms with Crippen LogP contribution in [0.25, 0.3) is 0 Å². The van der Waals surface area contributed by atoms with E-state index in [1.165, 1.54) is 25.7 Å². The maximum absolute atomic E-state index is 5.59. The molecule has 15 heavy (non-hydrogen) atoms. The fourth-order valence-corrected chi connectivity index (χ4v) is 1.69. The first-order valence-electron chi connectivity index (χ1n) is 6.49. The predicted molar refractivity (Wildman–Crippen MR) is 65.1 cm³/mol. The molecule has 0 aliphatic heterocycles. The minimum Gasteiger partial charge on any atom is -0.381 e. The van der Waals surface area contributed by atoms with E-state index < -0.39 is 0 Å². The van der Waals surface area contributed by atoms with E-state index in [9.17, 15) is 0 Å². The third-order valence-electron chi connectivity index (χ3n) is 3.07. The molecule has 2 nitrogen and oxygen atoms in total. The maximum Gasteiger partial charge on any atom is 0.0488 e. The highest BCUT2D eigenvalue weighted by Crippen LogP contribution is 2.18. The summed E-state index contributed by atoms with van der Waals surface area (Å²) in [5.74, 6) is 1.41. The number of hydrogen-bond acceptors (Lipinski definition) is 2. The molecule has 90 valence electrons. The van der Waals surface area contributed by atoms with Crippen LogP contribution in [0, 0.1) is 11.8 Å². The van der Waals surface area contributed by atoms with E-state index in [0.717, 1.165) is 31.7 Å². The highest BCUT2D eigenvalue weighted by atomic mass is 16.5. The lowest BCUT2D eigenvalue weighted by molar-refractivity contribution is 0.0985. The standard InChI is InChI=1S/C13H27NO/c1-11(2)10-15-8-7-12(3)9-14-13-5-4-6-13/h11-14H,4-10H2,1-3H3. The van der Waals surface area contributed by atoms with E-state index in [4.69, 9.17) is 4.74 Å². The zero-order chi connectivity index (χ0) is 11.1. The molecule has 1 unspecified atom stereocenters. The van der Waals surface area contributed by atoms with Crippen molar-refractivity contribution in [3.8, 4) is 0 Å². The van der Waals surface area contributed by atoms with Gasteiger partial charge in [-0.2, -0.15) is 0 Å². The summed E-state index contributed by atoms with van der Waals surface area (Å²) < 4.78 is 5.59. The smallest absolute Gasteiger partial charge is 0.0488 e. The van der Waals surface area contributed by atoms with Gasteiger partial charge in [0.15, 0.2) is 0 Å². The fraction of sp³-hybridized carbons (Fsp3) is 1.00. The van der Waals surface area contributed by atoms with Crippen molar-refractivity contribution in [1.82, 2.24) is 5.32 Å². The SMILES string of the molecule is CC(C)COCCC(C)CNC1CCC1. The Hall–Kier alpha value is -0.0800. The van der Waals surface area contributed by atoms with Gasteiger partial charge in [0, 0.05) is 19.3 Å². The van der Waals surface area contributed by atoms with Crippen molar-refractivity contribution < 1.29 is 4.74 Å². The molecule has 2 heteroatoms. The Balaban J connectivity index is 1.86. The molecule has 0 amide bonds. The summed E-state index contributed by atoms with van der Waals surface area (Å²) in [4.78, 5) is 0. The normalized spacial score (nSPS) is 19.2. The van der Waals surface area contributed by atoms with Gasteiger partial charge in [-0.05, 0) is 37.6 Å². The quantitative estimate of drug-likeness (QED) is 0.626. The third-order valence-corrected chi connectivity index (χ3v) is 3.07. The van der Waals surface area contributed by atoms with Gasteiger partial charge in [-0.1, -0.05) is 27.2 Å². The first-order chi connectivity index (χ1) is 7.18. The molecular formula is C13H27NO. The molecule has 0 aromatic carbocycles. The van der Waals surface area contributed by atoms with E-state index in [1.807, 2.05) is 0 Å². The highest BCUT2D eigenvalue weighted by Gasteiger charge is 2.16. The molecule has 0 bridgehead atoms. The Labute approximate surface area is 94.8 Å². The maximum atomic E-state index is 5.59. The van der Waals surface area contributed by atoms with Gasteiger partial charge in [0.25, 0.3) is 0 Å². The molecule has 0 heterocycles. The molecule has 0 spiro atoms. The van der Waals surface area contributed by atoms with Crippen molar-refractivity contribution in [2.45, 2.75) is 52.5 Å². The van der Waals surface area contributed by atoms with Crippen molar-refractivity contribution in [3.05, 3.63) is 0 Å². The number of rotatable bonds is 8. The second-order valence-corrected chi connectivity index (χ2v) is 5.40. The van der Waals surface area contributed by atoms with Crippen LogP contribution in [0.1, 0.15) is 46.5 Å². The van der Waals surface area contributed by atoms with Gasteiger partial charge in [0.05, 0.1) is 0 Å². The minimum absolute atomic E-state index is 0.661. The van der Waals surface area contributed by atoms with Crippen molar-refractivity contribution in [2.24, 2.45) is 11.8 Å². The molecule has 0 aromatic rings. The summed E-state index contributed by atoms with van der Waals surface area (Å²) in [6.07, 6.45) is 5.38. The summed E-state index contributed by atoms with van der Waals surface area (Å²) in [6.45, 7) is 9.69. The lowest BCUT2D eigenvalue weighted by atomic mass is 9.92. The lowest BCUT2D eigenvalue weighted by Gasteiger charge is -2.28. The van der Waals surface area contributed by atoms with Gasteiger partial charge in [0.2, 0.25) is 0 Å². The molecule has 1 aliphatic rings.